The number of hydrogen-bond acceptors (Lipinski definition) is 1. The second kappa shape index (κ2) is 3.14. The minimum atomic E-state index is 0.0428. The van der Waals surface area contributed by atoms with Crippen molar-refractivity contribution in [1.29, 1.82) is 0 Å². The molecule has 1 aliphatic rings. The molecule has 1 aliphatic heterocycles. The summed E-state index contributed by atoms with van der Waals surface area (Å²) in [5.74, 6) is 0.0428. The summed E-state index contributed by atoms with van der Waals surface area (Å²) >= 11 is 3.40. The molecule has 0 bridgehead atoms. The van der Waals surface area contributed by atoms with Crippen LogP contribution in [0.1, 0.15) is 22.8 Å². The molecule has 0 saturated heterocycles. The topological polar surface area (TPSA) is 29.1 Å². The molecule has 0 radical (unpaired) electrons. The highest BCUT2D eigenvalue weighted by Crippen LogP contribution is 2.21. The van der Waals surface area contributed by atoms with Gasteiger partial charge in [-0.15, -0.1) is 0 Å². The Morgan fingerprint density at radius 2 is 2.31 bits per heavy atom. The van der Waals surface area contributed by atoms with Crippen LogP contribution >= 0.6 is 15.9 Å². The number of halogens is 1. The zero-order valence-corrected chi connectivity index (χ0v) is 8.89. The van der Waals surface area contributed by atoms with Crippen LogP contribution in [0.3, 0.4) is 0 Å². The maximum absolute atomic E-state index is 11.5. The lowest BCUT2D eigenvalue weighted by atomic mass is 9.96. The zero-order chi connectivity index (χ0) is 9.42. The van der Waals surface area contributed by atoms with Crippen molar-refractivity contribution in [2.24, 2.45) is 0 Å². The van der Waals surface area contributed by atoms with E-state index in [4.69, 9.17) is 0 Å². The predicted octanol–water partition coefficient (Wildman–Crippen LogP) is 2.12. The number of benzene rings is 1. The first-order chi connectivity index (χ1) is 6.16. The van der Waals surface area contributed by atoms with E-state index in [0.717, 1.165) is 22.0 Å². The Morgan fingerprint density at radius 3 is 3.08 bits per heavy atom. The highest BCUT2D eigenvalue weighted by atomic mass is 79.9. The summed E-state index contributed by atoms with van der Waals surface area (Å²) in [4.78, 5) is 11.5. The Morgan fingerprint density at radius 1 is 1.54 bits per heavy atom. The average molecular weight is 240 g/mol. The van der Waals surface area contributed by atoms with Crippen LogP contribution in [0, 0.1) is 0 Å². The molecule has 13 heavy (non-hydrogen) atoms. The Hall–Kier alpha value is -0.830. The van der Waals surface area contributed by atoms with Gasteiger partial charge in [0.1, 0.15) is 0 Å². The van der Waals surface area contributed by atoms with Gasteiger partial charge in [-0.25, -0.2) is 0 Å². The first-order valence-electron chi connectivity index (χ1n) is 4.26. The van der Waals surface area contributed by atoms with Gasteiger partial charge in [0.25, 0.3) is 5.91 Å². The van der Waals surface area contributed by atoms with E-state index >= 15 is 0 Å². The van der Waals surface area contributed by atoms with E-state index in [0.29, 0.717) is 0 Å². The number of carbonyl (C=O) groups is 1. The molecule has 1 amide bonds. The molecule has 3 heteroatoms. The molecule has 0 saturated carbocycles. The lowest BCUT2D eigenvalue weighted by Crippen LogP contribution is -2.39. The normalized spacial score (nSPS) is 20.8. The molecule has 68 valence electrons. The van der Waals surface area contributed by atoms with Gasteiger partial charge in [0.15, 0.2) is 0 Å². The summed E-state index contributed by atoms with van der Waals surface area (Å²) in [6.07, 6.45) is 0.917. The molecule has 1 N–H and O–H groups in total. The van der Waals surface area contributed by atoms with Gasteiger partial charge in [0.2, 0.25) is 0 Å². The van der Waals surface area contributed by atoms with Crippen LogP contribution in [0.2, 0.25) is 0 Å². The highest BCUT2D eigenvalue weighted by Gasteiger charge is 2.20. The SMILES string of the molecule is C[C@@H]1Cc2cc(Br)ccc2C(=O)N1. The maximum atomic E-state index is 11.5. The highest BCUT2D eigenvalue weighted by molar-refractivity contribution is 9.10. The van der Waals surface area contributed by atoms with Crippen molar-refractivity contribution in [3.63, 3.8) is 0 Å². The van der Waals surface area contributed by atoms with Crippen molar-refractivity contribution in [2.75, 3.05) is 0 Å². The monoisotopic (exact) mass is 239 g/mol. The summed E-state index contributed by atoms with van der Waals surface area (Å²) in [6.45, 7) is 2.02. The van der Waals surface area contributed by atoms with Gasteiger partial charge in [0.05, 0.1) is 0 Å². The van der Waals surface area contributed by atoms with Gasteiger partial charge in [-0.1, -0.05) is 15.9 Å². The van der Waals surface area contributed by atoms with Crippen LogP contribution in [0.5, 0.6) is 0 Å². The summed E-state index contributed by atoms with van der Waals surface area (Å²) in [6, 6.07) is 6.02. The van der Waals surface area contributed by atoms with Gasteiger partial charge in [-0.05, 0) is 37.1 Å². The van der Waals surface area contributed by atoms with Crippen molar-refractivity contribution >= 4 is 21.8 Å². The third-order valence-corrected chi connectivity index (χ3v) is 2.71. The van der Waals surface area contributed by atoms with Crippen LogP contribution in [0.25, 0.3) is 0 Å². The molecular weight excluding hydrogens is 230 g/mol. The van der Waals surface area contributed by atoms with Crippen LogP contribution < -0.4 is 5.32 Å². The zero-order valence-electron chi connectivity index (χ0n) is 7.30. The van der Waals surface area contributed by atoms with Crippen molar-refractivity contribution < 1.29 is 4.79 Å². The number of fused-ring (bicyclic) bond motifs is 1. The van der Waals surface area contributed by atoms with Crippen LogP contribution in [0.15, 0.2) is 22.7 Å². The Bertz CT molecular complexity index is 362. The molecule has 1 aromatic carbocycles. The van der Waals surface area contributed by atoms with Gasteiger partial charge in [-0.2, -0.15) is 0 Å². The smallest absolute Gasteiger partial charge is 0.251 e. The molecule has 2 nitrogen and oxygen atoms in total. The molecule has 0 unspecified atom stereocenters. The number of hydrogen-bond donors (Lipinski definition) is 1. The fraction of sp³-hybridized carbons (Fsp3) is 0.300. The number of amides is 1. The third kappa shape index (κ3) is 1.61. The van der Waals surface area contributed by atoms with E-state index in [1.165, 1.54) is 0 Å². The molecule has 0 spiro atoms. The molecular formula is C10H10BrNO. The minimum absolute atomic E-state index is 0.0428. The lowest BCUT2D eigenvalue weighted by Gasteiger charge is -2.22. The minimum Gasteiger partial charge on any atom is -0.349 e. The second-order valence-electron chi connectivity index (χ2n) is 3.38. The van der Waals surface area contributed by atoms with E-state index in [9.17, 15) is 4.79 Å². The van der Waals surface area contributed by atoms with Crippen molar-refractivity contribution in [2.45, 2.75) is 19.4 Å². The number of rotatable bonds is 0. The van der Waals surface area contributed by atoms with E-state index < -0.39 is 0 Å². The molecule has 1 atom stereocenters. The quantitative estimate of drug-likeness (QED) is 0.739. The number of carbonyl (C=O) groups excluding carboxylic acids is 1. The molecule has 0 aromatic heterocycles. The van der Waals surface area contributed by atoms with Crippen molar-refractivity contribution in [3.8, 4) is 0 Å². The van der Waals surface area contributed by atoms with Gasteiger partial charge in [0, 0.05) is 16.1 Å². The van der Waals surface area contributed by atoms with Crippen molar-refractivity contribution in [1.82, 2.24) is 5.32 Å². The fourth-order valence-corrected chi connectivity index (χ4v) is 2.04. The summed E-state index contributed by atoms with van der Waals surface area (Å²) in [5.41, 5.74) is 1.94. The van der Waals surface area contributed by atoms with E-state index in [2.05, 4.69) is 21.2 Å². The molecule has 2 rings (SSSR count). The van der Waals surface area contributed by atoms with E-state index in [1.807, 2.05) is 25.1 Å². The van der Waals surface area contributed by atoms with E-state index in [-0.39, 0.29) is 11.9 Å². The van der Waals surface area contributed by atoms with Crippen LogP contribution in [-0.4, -0.2) is 11.9 Å². The van der Waals surface area contributed by atoms with Crippen molar-refractivity contribution in [3.05, 3.63) is 33.8 Å². The summed E-state index contributed by atoms with van der Waals surface area (Å²) in [5, 5.41) is 2.90. The first kappa shape index (κ1) is 8.75. The Labute approximate surface area is 85.5 Å². The Kier molecular flexibility index (Phi) is 2.12. The first-order valence-corrected chi connectivity index (χ1v) is 5.05. The van der Waals surface area contributed by atoms with Gasteiger partial charge in [-0.3, -0.25) is 4.79 Å². The largest absolute Gasteiger partial charge is 0.349 e. The van der Waals surface area contributed by atoms with Gasteiger partial charge < -0.3 is 5.32 Å². The second-order valence-corrected chi connectivity index (χ2v) is 4.30. The molecule has 1 heterocycles. The molecule has 0 aliphatic carbocycles. The third-order valence-electron chi connectivity index (χ3n) is 2.22. The Balaban J connectivity index is 2.49. The maximum Gasteiger partial charge on any atom is 0.251 e. The molecule has 1 aromatic rings. The standard InChI is InChI=1S/C10H10BrNO/c1-6-4-7-5-8(11)2-3-9(7)10(13)12-6/h2-3,5-6H,4H2,1H3,(H,12,13)/t6-/m1/s1. The molecule has 0 fully saturated rings. The predicted molar refractivity (Wildman–Crippen MR) is 54.8 cm³/mol. The van der Waals surface area contributed by atoms with E-state index in [1.54, 1.807) is 0 Å². The van der Waals surface area contributed by atoms with Crippen LogP contribution in [0.4, 0.5) is 0 Å². The average Bonchev–Trinajstić information content (AvgIpc) is 2.02. The fourth-order valence-electron chi connectivity index (χ4n) is 1.64. The van der Waals surface area contributed by atoms with Crippen LogP contribution in [-0.2, 0) is 6.42 Å². The summed E-state index contributed by atoms with van der Waals surface area (Å²) in [7, 11) is 0. The number of nitrogens with one attached hydrogen (secondary N) is 1. The van der Waals surface area contributed by atoms with Gasteiger partial charge >= 0.3 is 0 Å². The lowest BCUT2D eigenvalue weighted by molar-refractivity contribution is 0.0929. The summed E-state index contributed by atoms with van der Waals surface area (Å²) < 4.78 is 1.04.